The number of nitrogens with zero attached hydrogens (tertiary/aromatic N) is 4. The van der Waals surface area contributed by atoms with Crippen LogP contribution >= 0.6 is 33.9 Å². The first kappa shape index (κ1) is 27.6. The molecule has 0 unspecified atom stereocenters. The number of benzene rings is 2. The largest absolute Gasteiger partial charge is 0.383 e. The molecule has 1 amide bonds. The van der Waals surface area contributed by atoms with E-state index in [-0.39, 0.29) is 30.2 Å². The van der Waals surface area contributed by atoms with Crippen molar-refractivity contribution in [3.05, 3.63) is 94.5 Å². The van der Waals surface area contributed by atoms with Gasteiger partial charge in [0.25, 0.3) is 5.91 Å². The van der Waals surface area contributed by atoms with Crippen LogP contribution in [0.25, 0.3) is 21.3 Å². The van der Waals surface area contributed by atoms with Gasteiger partial charge in [0.2, 0.25) is 0 Å². The molecule has 5 rings (SSSR count). The van der Waals surface area contributed by atoms with Gasteiger partial charge in [-0.1, -0.05) is 12.1 Å². The third-order valence-electron chi connectivity index (χ3n) is 5.76. The lowest BCUT2D eigenvalue weighted by atomic mass is 10.1. The fourth-order valence-corrected chi connectivity index (χ4v) is 4.96. The van der Waals surface area contributed by atoms with Crippen molar-refractivity contribution in [3.63, 3.8) is 0 Å². The summed E-state index contributed by atoms with van der Waals surface area (Å²) in [5.41, 5.74) is 6.83. The third-order valence-corrected chi connectivity index (χ3v) is 7.44. The van der Waals surface area contributed by atoms with Crippen LogP contribution in [0, 0.1) is 11.6 Å². The number of nitrogen functional groups attached to an aromatic ring is 1. The van der Waals surface area contributed by atoms with Gasteiger partial charge in [0.05, 0.1) is 18.3 Å². The van der Waals surface area contributed by atoms with Gasteiger partial charge in [0.15, 0.2) is 23.1 Å². The van der Waals surface area contributed by atoms with Crippen molar-refractivity contribution in [2.75, 3.05) is 11.1 Å². The molecule has 3 heterocycles. The molecule has 2 aromatic carbocycles. The minimum absolute atomic E-state index is 0.0160. The highest BCUT2D eigenvalue weighted by Gasteiger charge is 2.31. The number of hydrogen-bond acceptors (Lipinski definition) is 8. The number of rotatable bonds is 8. The molecule has 0 saturated heterocycles. The predicted molar refractivity (Wildman–Crippen MR) is 152 cm³/mol. The van der Waals surface area contributed by atoms with E-state index in [1.165, 1.54) is 23.7 Å². The number of hydrogen-bond donors (Lipinski definition) is 3. The number of nitrogens with one attached hydrogen (secondary N) is 2. The van der Waals surface area contributed by atoms with Crippen LogP contribution in [0.4, 0.5) is 29.2 Å². The maximum atomic E-state index is 13.9. The molecule has 0 aliphatic heterocycles. The molecule has 0 aliphatic rings. The summed E-state index contributed by atoms with van der Waals surface area (Å²) in [6, 6.07) is 12.6. The summed E-state index contributed by atoms with van der Waals surface area (Å²) in [6.07, 6.45) is 2.29. The van der Waals surface area contributed by atoms with E-state index in [0.717, 1.165) is 67.1 Å². The predicted octanol–water partition coefficient (Wildman–Crippen LogP) is 6.04. The van der Waals surface area contributed by atoms with E-state index in [4.69, 9.17) is 5.73 Å². The van der Waals surface area contributed by atoms with Crippen LogP contribution in [-0.2, 0) is 17.0 Å². The number of amides is 1. The normalized spacial score (nSPS) is 11.5. The molecule has 14 heteroatoms. The average Bonchev–Trinajstić information content (AvgIpc) is 3.41. The Morgan fingerprint density at radius 2 is 1.82 bits per heavy atom. The fourth-order valence-electron chi connectivity index (χ4n) is 3.76. The van der Waals surface area contributed by atoms with Crippen molar-refractivity contribution in [1.29, 1.82) is 0 Å². The number of alkyl halides is 3. The summed E-state index contributed by atoms with van der Waals surface area (Å²) in [6.45, 7) is 0.0409. The van der Waals surface area contributed by atoms with Crippen LogP contribution in [-0.4, -0.2) is 25.8 Å². The van der Waals surface area contributed by atoms with Gasteiger partial charge in [-0.25, -0.2) is 28.7 Å². The zero-order valence-corrected chi connectivity index (χ0v) is 23.2. The summed E-state index contributed by atoms with van der Waals surface area (Å²) in [4.78, 5) is 30.8. The van der Waals surface area contributed by atoms with E-state index in [9.17, 15) is 22.4 Å². The Bertz CT molecular complexity index is 1730. The smallest absolute Gasteiger partial charge is 0.339 e. The number of carbonyl (C=O) groups is 1. The Kier molecular flexibility index (Phi) is 7.80. The average molecular weight is 679 g/mol. The number of carbonyl (C=O) groups excluding carboxylic acids is 1. The van der Waals surface area contributed by atoms with Gasteiger partial charge < -0.3 is 16.4 Å². The lowest BCUT2D eigenvalue weighted by molar-refractivity contribution is 0.0942. The molecule has 0 fully saturated rings. The first-order valence-corrected chi connectivity index (χ1v) is 13.5. The summed E-state index contributed by atoms with van der Waals surface area (Å²) in [5.74, 6) is -2.56. The highest BCUT2D eigenvalue weighted by atomic mass is 127. The molecule has 204 valence electrons. The molecular formula is C26H18F4IN7OS. The first-order chi connectivity index (χ1) is 19.1. The molecule has 0 radical (unpaired) electrons. The third kappa shape index (κ3) is 6.12. The van der Waals surface area contributed by atoms with Gasteiger partial charge in [0.1, 0.15) is 17.8 Å². The van der Waals surface area contributed by atoms with Crippen LogP contribution in [0.15, 0.2) is 61.1 Å². The Morgan fingerprint density at radius 1 is 1.00 bits per heavy atom. The second-order valence-electron chi connectivity index (χ2n) is 8.49. The number of fused-ring (bicyclic) bond motifs is 1. The van der Waals surface area contributed by atoms with Gasteiger partial charge in [-0.2, -0.15) is 8.78 Å². The molecule has 4 N–H and O–H groups in total. The van der Waals surface area contributed by atoms with Crippen molar-refractivity contribution >= 4 is 62.4 Å². The number of anilines is 2. The van der Waals surface area contributed by atoms with E-state index < -0.39 is 27.2 Å². The number of nitrogens with two attached hydrogens (primary N) is 1. The van der Waals surface area contributed by atoms with Crippen molar-refractivity contribution in [2.45, 2.75) is 17.0 Å². The minimum Gasteiger partial charge on any atom is -0.383 e. The molecular weight excluding hydrogens is 661 g/mol. The van der Waals surface area contributed by atoms with E-state index in [1.807, 2.05) is 30.3 Å². The van der Waals surface area contributed by atoms with Crippen LogP contribution in [0.1, 0.15) is 26.6 Å². The summed E-state index contributed by atoms with van der Waals surface area (Å²) in [7, 11) is 0. The van der Waals surface area contributed by atoms with E-state index >= 15 is 0 Å². The van der Waals surface area contributed by atoms with Crippen LogP contribution in [0.5, 0.6) is 0 Å². The lowest BCUT2D eigenvalue weighted by Gasteiger charge is -2.14. The summed E-state index contributed by atoms with van der Waals surface area (Å²) in [5, 5.41) is 6.21. The van der Waals surface area contributed by atoms with Gasteiger partial charge >= 0.3 is 3.93 Å². The molecule has 0 saturated carbocycles. The molecule has 0 spiro atoms. The zero-order valence-electron chi connectivity index (χ0n) is 20.3. The Labute approximate surface area is 242 Å². The molecule has 3 aromatic heterocycles. The molecule has 0 atom stereocenters. The molecule has 40 heavy (non-hydrogen) atoms. The van der Waals surface area contributed by atoms with Crippen molar-refractivity contribution < 1.29 is 22.4 Å². The lowest BCUT2D eigenvalue weighted by Crippen LogP contribution is -2.27. The number of aromatic nitrogens is 4. The number of halogens is 5. The Balaban J connectivity index is 1.34. The van der Waals surface area contributed by atoms with Crippen molar-refractivity contribution in [2.24, 2.45) is 0 Å². The molecule has 0 bridgehead atoms. The molecule has 5 aromatic rings. The quantitative estimate of drug-likeness (QED) is 0.104. The van der Waals surface area contributed by atoms with Gasteiger partial charge in [-0.3, -0.25) is 4.79 Å². The van der Waals surface area contributed by atoms with Gasteiger partial charge in [-0.15, -0.1) is 11.3 Å². The SMILES string of the molecule is Nc1ncnc2ccc(-c3ccc(CNc4ncc(C(F)(F)I)nc4C(=O)NCc4ccc(F)c(F)c4)s3)cc12. The van der Waals surface area contributed by atoms with E-state index in [1.54, 1.807) is 0 Å². The van der Waals surface area contributed by atoms with Crippen LogP contribution in [0.3, 0.4) is 0 Å². The van der Waals surface area contributed by atoms with Crippen molar-refractivity contribution in [3.8, 4) is 10.4 Å². The highest BCUT2D eigenvalue weighted by Crippen LogP contribution is 2.35. The monoisotopic (exact) mass is 679 g/mol. The summed E-state index contributed by atoms with van der Waals surface area (Å²) < 4.78 is 51.2. The van der Waals surface area contributed by atoms with Gasteiger partial charge in [-0.05, 0) is 47.5 Å². The zero-order chi connectivity index (χ0) is 28.4. The molecule has 0 aliphatic carbocycles. The first-order valence-electron chi connectivity index (χ1n) is 11.6. The minimum atomic E-state index is -3.37. The molecule has 8 nitrogen and oxygen atoms in total. The van der Waals surface area contributed by atoms with E-state index in [0.29, 0.717) is 5.82 Å². The van der Waals surface area contributed by atoms with Crippen molar-refractivity contribution in [1.82, 2.24) is 25.3 Å². The van der Waals surface area contributed by atoms with Crippen LogP contribution in [0.2, 0.25) is 0 Å². The van der Waals surface area contributed by atoms with Crippen LogP contribution < -0.4 is 16.4 Å². The summed E-state index contributed by atoms with van der Waals surface area (Å²) >= 11 is 2.37. The maximum absolute atomic E-state index is 13.9. The standard InChI is InChI=1S/C26H18F4IN7OS/c27-17-4-1-13(7-18(17)28)9-35-25(39)22-24(34-11-21(38-22)26(29,30)31)33-10-15-3-6-20(40-15)14-2-5-19-16(8-14)23(32)37-12-36-19/h1-8,11-12H,9-10H2,(H,33,34)(H,35,39)(H2,32,36,37). The number of thiophene rings is 1. The van der Waals surface area contributed by atoms with Gasteiger partial charge in [0, 0.05) is 44.3 Å². The second kappa shape index (κ2) is 11.3. The Hall–Kier alpha value is -3.92. The fraction of sp³-hybridized carbons (Fsp3) is 0.115. The second-order valence-corrected chi connectivity index (χ2v) is 11.0. The topological polar surface area (TPSA) is 119 Å². The Morgan fingerprint density at radius 3 is 2.60 bits per heavy atom. The van der Waals surface area contributed by atoms with E-state index in [2.05, 4.69) is 30.6 Å². The highest BCUT2D eigenvalue weighted by molar-refractivity contribution is 14.1. The maximum Gasteiger partial charge on any atom is 0.339 e.